The smallest absolute Gasteiger partial charge is 0.435 e. The van der Waals surface area contributed by atoms with Gasteiger partial charge in [-0.15, -0.1) is 11.3 Å². The molecule has 0 amide bonds. The third kappa shape index (κ3) is 2.52. The molecule has 1 N–H and O–H groups in total. The lowest BCUT2D eigenvalue weighted by molar-refractivity contribution is -0.141. The Morgan fingerprint density at radius 1 is 1.30 bits per heavy atom. The summed E-state index contributed by atoms with van der Waals surface area (Å²) in [6.07, 6.45) is -4.84. The predicted octanol–water partition coefficient (Wildman–Crippen LogP) is 3.79. The zero-order chi connectivity index (χ0) is 16.8. The maximum atomic E-state index is 13.0. The van der Waals surface area contributed by atoms with Gasteiger partial charge in [0.05, 0.1) is 12.8 Å². The van der Waals surface area contributed by atoms with Crippen LogP contribution in [0.4, 0.5) is 13.2 Å². The number of hydrogen-bond acceptors (Lipinski definition) is 4. The number of rotatable bonds is 3. The first-order valence-electron chi connectivity index (χ1n) is 6.27. The Hall–Kier alpha value is -2.55. The molecule has 0 saturated heterocycles. The van der Waals surface area contributed by atoms with Crippen LogP contribution in [0.2, 0.25) is 0 Å². The number of ether oxygens (including phenoxy) is 1. The Morgan fingerprint density at radius 3 is 2.48 bits per heavy atom. The second-order valence-corrected chi connectivity index (χ2v) is 5.42. The first-order valence-corrected chi connectivity index (χ1v) is 7.15. The van der Waals surface area contributed by atoms with E-state index in [4.69, 9.17) is 4.74 Å². The fourth-order valence-electron chi connectivity index (χ4n) is 2.22. The maximum absolute atomic E-state index is 13.0. The topological polar surface area (TPSA) is 63.8 Å². The zero-order valence-electron chi connectivity index (χ0n) is 11.6. The van der Waals surface area contributed by atoms with Crippen LogP contribution in [-0.2, 0) is 6.18 Å². The van der Waals surface area contributed by atoms with E-state index in [0.29, 0.717) is 17.0 Å². The van der Waals surface area contributed by atoms with E-state index in [1.54, 1.807) is 29.6 Å². The molecule has 9 heteroatoms. The summed E-state index contributed by atoms with van der Waals surface area (Å²) in [7, 11) is 1.49. The van der Waals surface area contributed by atoms with Crippen molar-refractivity contribution in [1.29, 1.82) is 0 Å². The minimum atomic E-state index is -4.84. The normalized spacial score (nSPS) is 11.8. The van der Waals surface area contributed by atoms with Gasteiger partial charge in [-0.25, -0.2) is 9.78 Å². The molecule has 3 aromatic rings. The van der Waals surface area contributed by atoms with Gasteiger partial charge < -0.3 is 9.84 Å². The number of carboxylic acids is 1. The molecule has 0 saturated carbocycles. The van der Waals surface area contributed by atoms with E-state index < -0.39 is 23.5 Å². The summed E-state index contributed by atoms with van der Waals surface area (Å²) >= 11 is 0.945. The number of thiazole rings is 1. The Kier molecular flexibility index (Phi) is 3.52. The van der Waals surface area contributed by atoms with Crippen molar-refractivity contribution in [2.45, 2.75) is 6.18 Å². The summed E-state index contributed by atoms with van der Waals surface area (Å²) in [4.78, 5) is 14.8. The van der Waals surface area contributed by atoms with Gasteiger partial charge in [0, 0.05) is 5.38 Å². The molecule has 0 unspecified atom stereocenters. The van der Waals surface area contributed by atoms with Crippen LogP contribution in [0.25, 0.3) is 16.2 Å². The van der Waals surface area contributed by atoms with Gasteiger partial charge in [0.25, 0.3) is 0 Å². The van der Waals surface area contributed by atoms with Gasteiger partial charge in [-0.3, -0.25) is 4.40 Å². The maximum Gasteiger partial charge on any atom is 0.435 e. The van der Waals surface area contributed by atoms with Crippen molar-refractivity contribution in [2.75, 3.05) is 7.11 Å². The summed E-state index contributed by atoms with van der Waals surface area (Å²) in [5.41, 5.74) is -1.40. The average Bonchev–Trinajstić information content (AvgIpc) is 3.05. The number of carbonyl (C=O) groups is 1. The highest BCUT2D eigenvalue weighted by molar-refractivity contribution is 7.15. The molecule has 0 radical (unpaired) electrons. The predicted molar refractivity (Wildman–Crippen MR) is 77.0 cm³/mol. The summed E-state index contributed by atoms with van der Waals surface area (Å²) < 4.78 is 45.1. The molecule has 0 spiro atoms. The van der Waals surface area contributed by atoms with Crippen LogP contribution in [0.1, 0.15) is 16.2 Å². The quantitative estimate of drug-likeness (QED) is 0.787. The van der Waals surface area contributed by atoms with E-state index >= 15 is 0 Å². The fourth-order valence-corrected chi connectivity index (χ4v) is 3.11. The van der Waals surface area contributed by atoms with Crippen molar-refractivity contribution in [2.24, 2.45) is 0 Å². The molecule has 3 rings (SSSR count). The van der Waals surface area contributed by atoms with Gasteiger partial charge in [-0.1, -0.05) is 0 Å². The van der Waals surface area contributed by atoms with Crippen molar-refractivity contribution >= 4 is 22.3 Å². The van der Waals surface area contributed by atoms with E-state index in [0.717, 1.165) is 15.7 Å². The number of methoxy groups -OCH3 is 1. The highest BCUT2D eigenvalue weighted by atomic mass is 32.1. The van der Waals surface area contributed by atoms with Crippen molar-refractivity contribution in [1.82, 2.24) is 9.38 Å². The van der Waals surface area contributed by atoms with E-state index in [2.05, 4.69) is 4.98 Å². The number of carboxylic acid groups (broad SMARTS) is 1. The molecule has 2 heterocycles. The van der Waals surface area contributed by atoms with Crippen LogP contribution < -0.4 is 4.74 Å². The van der Waals surface area contributed by atoms with Gasteiger partial charge in [0.2, 0.25) is 0 Å². The van der Waals surface area contributed by atoms with Crippen LogP contribution in [0.15, 0.2) is 29.6 Å². The Morgan fingerprint density at radius 2 is 1.96 bits per heavy atom. The first kappa shape index (κ1) is 15.3. The van der Waals surface area contributed by atoms with Crippen LogP contribution >= 0.6 is 11.3 Å². The number of nitrogens with zero attached hydrogens (tertiary/aromatic N) is 2. The largest absolute Gasteiger partial charge is 0.497 e. The molecule has 0 aliphatic rings. The molecule has 0 aliphatic heterocycles. The molecular weight excluding hydrogens is 333 g/mol. The lowest BCUT2D eigenvalue weighted by Gasteiger charge is -2.06. The fraction of sp³-hybridized carbons (Fsp3) is 0.143. The minimum Gasteiger partial charge on any atom is -0.497 e. The molecule has 0 atom stereocenters. The van der Waals surface area contributed by atoms with E-state index in [1.165, 1.54) is 7.11 Å². The molecule has 0 aliphatic carbocycles. The molecular formula is C14H9F3N2O3S. The van der Waals surface area contributed by atoms with E-state index in [9.17, 15) is 23.1 Å². The lowest BCUT2D eigenvalue weighted by atomic mass is 10.1. The molecule has 5 nitrogen and oxygen atoms in total. The summed E-state index contributed by atoms with van der Waals surface area (Å²) in [5.74, 6) is -1.10. The van der Waals surface area contributed by atoms with Gasteiger partial charge in [-0.05, 0) is 29.8 Å². The van der Waals surface area contributed by atoms with Crippen molar-refractivity contribution < 1.29 is 27.8 Å². The zero-order valence-corrected chi connectivity index (χ0v) is 12.4. The number of aromatic carboxylic acids is 1. The summed E-state index contributed by atoms with van der Waals surface area (Å²) in [6, 6.07) is 6.56. The second kappa shape index (κ2) is 5.27. The van der Waals surface area contributed by atoms with Crippen LogP contribution in [0.5, 0.6) is 5.75 Å². The van der Waals surface area contributed by atoms with Crippen molar-refractivity contribution in [3.05, 3.63) is 41.0 Å². The Bertz CT molecular complexity index is 881. The summed E-state index contributed by atoms with van der Waals surface area (Å²) in [6.45, 7) is 0. The number of halogens is 3. The van der Waals surface area contributed by atoms with Crippen molar-refractivity contribution in [3.63, 3.8) is 0 Å². The Balaban J connectivity index is 2.26. The van der Waals surface area contributed by atoms with Crippen LogP contribution in [0, 0.1) is 0 Å². The van der Waals surface area contributed by atoms with Gasteiger partial charge in [0.1, 0.15) is 5.75 Å². The van der Waals surface area contributed by atoms with Gasteiger partial charge in [-0.2, -0.15) is 13.2 Å². The van der Waals surface area contributed by atoms with E-state index in [-0.39, 0.29) is 4.96 Å². The summed E-state index contributed by atoms with van der Waals surface area (Å²) in [5, 5.41) is 10.8. The number of aromatic nitrogens is 2. The number of hydrogen-bond donors (Lipinski definition) is 1. The Labute approximate surface area is 131 Å². The standard InChI is InChI=1S/C14H9F3N2O3S/c1-22-8-4-2-7(3-5-8)9-6-23-13-18-11(14(15,16)17)10(12(20)21)19(9)13/h2-6H,1H3,(H,20,21). The number of alkyl halides is 3. The number of fused-ring (bicyclic) bond motifs is 1. The third-order valence-electron chi connectivity index (χ3n) is 3.22. The molecule has 120 valence electrons. The van der Waals surface area contributed by atoms with E-state index in [1.807, 2.05) is 0 Å². The first-order chi connectivity index (χ1) is 10.8. The number of imidazole rings is 1. The van der Waals surface area contributed by atoms with Gasteiger partial charge in [0.15, 0.2) is 16.3 Å². The molecule has 2 aromatic heterocycles. The molecule has 0 fully saturated rings. The highest BCUT2D eigenvalue weighted by Crippen LogP contribution is 2.36. The van der Waals surface area contributed by atoms with Gasteiger partial charge >= 0.3 is 12.1 Å². The monoisotopic (exact) mass is 342 g/mol. The van der Waals surface area contributed by atoms with Crippen LogP contribution in [-0.4, -0.2) is 27.6 Å². The number of benzene rings is 1. The highest BCUT2D eigenvalue weighted by Gasteiger charge is 2.41. The molecule has 1 aromatic carbocycles. The van der Waals surface area contributed by atoms with Crippen molar-refractivity contribution in [3.8, 4) is 17.0 Å². The third-order valence-corrected chi connectivity index (χ3v) is 4.05. The average molecular weight is 342 g/mol. The second-order valence-electron chi connectivity index (χ2n) is 4.58. The lowest BCUT2D eigenvalue weighted by Crippen LogP contribution is -2.14. The molecule has 23 heavy (non-hydrogen) atoms. The minimum absolute atomic E-state index is 0.0273. The SMILES string of the molecule is COc1ccc(-c2csc3nc(C(F)(F)F)c(C(=O)O)n23)cc1. The molecule has 0 bridgehead atoms. The van der Waals surface area contributed by atoms with Crippen LogP contribution in [0.3, 0.4) is 0 Å².